The number of likely N-dealkylation sites (N-methyl/N-ethyl adjacent to an activating group) is 1. The second kappa shape index (κ2) is 8.74. The summed E-state index contributed by atoms with van der Waals surface area (Å²) < 4.78 is 5.34. The van der Waals surface area contributed by atoms with Crippen LogP contribution in [0.25, 0.3) is 0 Å². The van der Waals surface area contributed by atoms with E-state index in [1.807, 2.05) is 13.8 Å². The lowest BCUT2D eigenvalue weighted by Gasteiger charge is -2.20. The first-order valence-electron chi connectivity index (χ1n) is 6.15. The van der Waals surface area contributed by atoms with E-state index in [0.29, 0.717) is 19.7 Å². The van der Waals surface area contributed by atoms with Gasteiger partial charge >= 0.3 is 12.0 Å². The van der Waals surface area contributed by atoms with Crippen LogP contribution in [0.5, 0.6) is 0 Å². The molecule has 0 heterocycles. The summed E-state index contributed by atoms with van der Waals surface area (Å²) in [6.07, 6.45) is 0.206. The largest absolute Gasteiger partial charge is 0.481 e. The molecule has 0 rings (SSSR count). The van der Waals surface area contributed by atoms with E-state index in [0.717, 1.165) is 0 Å². The van der Waals surface area contributed by atoms with Gasteiger partial charge in [0.05, 0.1) is 12.7 Å². The van der Waals surface area contributed by atoms with E-state index in [9.17, 15) is 9.59 Å². The van der Waals surface area contributed by atoms with Crippen LogP contribution in [0.2, 0.25) is 0 Å². The normalized spacial score (nSPS) is 12.3. The van der Waals surface area contributed by atoms with Gasteiger partial charge in [-0.05, 0) is 19.8 Å². The second-order valence-electron chi connectivity index (χ2n) is 4.73. The van der Waals surface area contributed by atoms with E-state index in [1.165, 1.54) is 4.90 Å². The Labute approximate surface area is 108 Å². The summed E-state index contributed by atoms with van der Waals surface area (Å²) in [4.78, 5) is 23.6. The lowest BCUT2D eigenvalue weighted by Crippen LogP contribution is -2.41. The maximum atomic E-state index is 11.6. The SMILES string of the molecule is CC(CNC(=O)N(C)CCOC(C)C)CC(=O)O. The van der Waals surface area contributed by atoms with Gasteiger partial charge < -0.3 is 20.1 Å². The molecule has 0 saturated heterocycles. The van der Waals surface area contributed by atoms with Crippen LogP contribution in [-0.2, 0) is 9.53 Å². The van der Waals surface area contributed by atoms with Gasteiger partial charge in [-0.2, -0.15) is 0 Å². The molecule has 2 N–H and O–H groups in total. The van der Waals surface area contributed by atoms with Gasteiger partial charge in [0, 0.05) is 26.6 Å². The summed E-state index contributed by atoms with van der Waals surface area (Å²) >= 11 is 0. The van der Waals surface area contributed by atoms with Gasteiger partial charge in [-0.15, -0.1) is 0 Å². The van der Waals surface area contributed by atoms with Crippen molar-refractivity contribution in [3.05, 3.63) is 0 Å². The quantitative estimate of drug-likeness (QED) is 0.686. The monoisotopic (exact) mass is 260 g/mol. The molecule has 0 radical (unpaired) electrons. The molecule has 0 aromatic heterocycles. The third-order valence-corrected chi connectivity index (χ3v) is 2.35. The Morgan fingerprint density at radius 2 is 1.94 bits per heavy atom. The smallest absolute Gasteiger partial charge is 0.317 e. The van der Waals surface area contributed by atoms with Crippen molar-refractivity contribution in [2.75, 3.05) is 26.7 Å². The van der Waals surface area contributed by atoms with Gasteiger partial charge in [0.15, 0.2) is 0 Å². The fourth-order valence-electron chi connectivity index (χ4n) is 1.29. The Balaban J connectivity index is 3.77. The molecule has 0 bridgehead atoms. The van der Waals surface area contributed by atoms with Gasteiger partial charge in [0.25, 0.3) is 0 Å². The molecule has 2 amide bonds. The number of carbonyl (C=O) groups is 2. The minimum atomic E-state index is -0.851. The maximum absolute atomic E-state index is 11.6. The molecule has 106 valence electrons. The fraction of sp³-hybridized carbons (Fsp3) is 0.833. The molecule has 0 fully saturated rings. The third kappa shape index (κ3) is 8.81. The highest BCUT2D eigenvalue weighted by molar-refractivity contribution is 5.74. The van der Waals surface area contributed by atoms with Crippen LogP contribution in [0.15, 0.2) is 0 Å². The maximum Gasteiger partial charge on any atom is 0.317 e. The van der Waals surface area contributed by atoms with Crippen LogP contribution in [-0.4, -0.2) is 54.9 Å². The highest BCUT2D eigenvalue weighted by Crippen LogP contribution is 1.99. The zero-order valence-corrected chi connectivity index (χ0v) is 11.6. The van der Waals surface area contributed by atoms with Gasteiger partial charge in [-0.3, -0.25) is 4.79 Å². The van der Waals surface area contributed by atoms with Crippen LogP contribution in [0, 0.1) is 5.92 Å². The number of hydrogen-bond donors (Lipinski definition) is 2. The van der Waals surface area contributed by atoms with Crippen molar-refractivity contribution in [1.29, 1.82) is 0 Å². The van der Waals surface area contributed by atoms with E-state index < -0.39 is 5.97 Å². The Bertz CT molecular complexity index is 269. The highest BCUT2D eigenvalue weighted by Gasteiger charge is 2.12. The van der Waals surface area contributed by atoms with Crippen LogP contribution < -0.4 is 5.32 Å². The van der Waals surface area contributed by atoms with E-state index in [2.05, 4.69) is 5.32 Å². The first-order chi connectivity index (χ1) is 8.32. The Hall–Kier alpha value is -1.30. The number of rotatable bonds is 8. The molecule has 1 atom stereocenters. The van der Waals surface area contributed by atoms with Crippen molar-refractivity contribution in [1.82, 2.24) is 10.2 Å². The van der Waals surface area contributed by atoms with E-state index >= 15 is 0 Å². The molecule has 0 aromatic rings. The van der Waals surface area contributed by atoms with Crippen molar-refractivity contribution in [3.63, 3.8) is 0 Å². The summed E-state index contributed by atoms with van der Waals surface area (Å²) in [5.41, 5.74) is 0. The molecule has 1 unspecified atom stereocenters. The summed E-state index contributed by atoms with van der Waals surface area (Å²) in [7, 11) is 1.68. The van der Waals surface area contributed by atoms with E-state index in [1.54, 1.807) is 14.0 Å². The van der Waals surface area contributed by atoms with Crippen molar-refractivity contribution in [2.24, 2.45) is 5.92 Å². The molecule has 0 aromatic carbocycles. The standard InChI is InChI=1S/C12H24N2O4/c1-9(2)18-6-5-14(4)12(17)13-8-10(3)7-11(15)16/h9-10H,5-8H2,1-4H3,(H,13,17)(H,15,16). The number of urea groups is 1. The van der Waals surface area contributed by atoms with Gasteiger partial charge in [0.2, 0.25) is 0 Å². The lowest BCUT2D eigenvalue weighted by molar-refractivity contribution is -0.137. The second-order valence-corrected chi connectivity index (χ2v) is 4.73. The van der Waals surface area contributed by atoms with Crippen LogP contribution in [0.1, 0.15) is 27.2 Å². The van der Waals surface area contributed by atoms with Gasteiger partial charge in [0.1, 0.15) is 0 Å². The number of nitrogens with one attached hydrogen (secondary N) is 1. The number of hydrogen-bond acceptors (Lipinski definition) is 3. The lowest BCUT2D eigenvalue weighted by atomic mass is 10.1. The van der Waals surface area contributed by atoms with Gasteiger partial charge in [-0.1, -0.05) is 6.92 Å². The average molecular weight is 260 g/mol. The van der Waals surface area contributed by atoms with Crippen molar-refractivity contribution in [3.8, 4) is 0 Å². The Kier molecular flexibility index (Phi) is 8.11. The highest BCUT2D eigenvalue weighted by atomic mass is 16.5. The van der Waals surface area contributed by atoms with Gasteiger partial charge in [-0.25, -0.2) is 4.79 Å². The number of amides is 2. The zero-order chi connectivity index (χ0) is 14.1. The van der Waals surface area contributed by atoms with Crippen molar-refractivity contribution in [2.45, 2.75) is 33.3 Å². The number of carbonyl (C=O) groups excluding carboxylic acids is 1. The molecule has 0 aliphatic carbocycles. The summed E-state index contributed by atoms with van der Waals surface area (Å²) in [5, 5.41) is 11.3. The molecule has 6 nitrogen and oxygen atoms in total. The summed E-state index contributed by atoms with van der Waals surface area (Å²) in [5.74, 6) is -0.929. The summed E-state index contributed by atoms with van der Waals surface area (Å²) in [6, 6.07) is -0.209. The summed E-state index contributed by atoms with van der Waals surface area (Å²) in [6.45, 7) is 7.03. The molecule has 6 heteroatoms. The predicted octanol–water partition coefficient (Wildman–Crippen LogP) is 1.16. The van der Waals surface area contributed by atoms with E-state index in [-0.39, 0.29) is 24.5 Å². The van der Waals surface area contributed by atoms with Crippen molar-refractivity contribution >= 4 is 12.0 Å². The number of carboxylic acids is 1. The zero-order valence-electron chi connectivity index (χ0n) is 11.6. The number of carboxylic acid groups (broad SMARTS) is 1. The first kappa shape index (κ1) is 16.7. The topological polar surface area (TPSA) is 78.9 Å². The van der Waals surface area contributed by atoms with Crippen LogP contribution in [0.3, 0.4) is 0 Å². The van der Waals surface area contributed by atoms with Crippen LogP contribution >= 0.6 is 0 Å². The Morgan fingerprint density at radius 3 is 2.44 bits per heavy atom. The molecule has 0 spiro atoms. The minimum Gasteiger partial charge on any atom is -0.481 e. The first-order valence-corrected chi connectivity index (χ1v) is 6.15. The molecule has 0 aliphatic rings. The predicted molar refractivity (Wildman–Crippen MR) is 68.5 cm³/mol. The molecule has 18 heavy (non-hydrogen) atoms. The third-order valence-electron chi connectivity index (χ3n) is 2.35. The molecule has 0 aliphatic heterocycles. The van der Waals surface area contributed by atoms with Crippen LogP contribution in [0.4, 0.5) is 4.79 Å². The number of aliphatic carboxylic acids is 1. The molecular formula is C12H24N2O4. The van der Waals surface area contributed by atoms with E-state index in [4.69, 9.17) is 9.84 Å². The Morgan fingerprint density at radius 1 is 1.33 bits per heavy atom. The minimum absolute atomic E-state index is 0.0560. The molecular weight excluding hydrogens is 236 g/mol. The number of ether oxygens (including phenoxy) is 1. The fourth-order valence-corrected chi connectivity index (χ4v) is 1.29. The van der Waals surface area contributed by atoms with Crippen molar-refractivity contribution < 1.29 is 19.4 Å². The molecule has 0 saturated carbocycles. The number of nitrogens with zero attached hydrogens (tertiary/aromatic N) is 1. The average Bonchev–Trinajstić information content (AvgIpc) is 2.24.